The SMILES string of the molecule is COC(=O)[C@@]1(O)OC[C@@]23[C@@H](OC(=O)/C=C/c4ccccc4)C[C@@H](O)[C@@]4(C)CO[C@@H]([C@H]5O[C@]6(C)[C@H]7C[C@H](O[C@@H]8OC=C[C@@]87O)[C@]6(OC)[C@@]5(C)[C@@H]21)[C@@H]43. The second-order valence-corrected chi connectivity index (χ2v) is 16.1. The second kappa shape index (κ2) is 10.2. The molecule has 4 saturated heterocycles. The van der Waals surface area contributed by atoms with Gasteiger partial charge in [-0.15, -0.1) is 0 Å². The summed E-state index contributed by atoms with van der Waals surface area (Å²) in [6.45, 7) is 5.60. The highest BCUT2D eigenvalue weighted by Crippen LogP contribution is 2.81. The third-order valence-electron chi connectivity index (χ3n) is 14.5. The summed E-state index contributed by atoms with van der Waals surface area (Å²) in [5.41, 5.74) is -7.10. The quantitative estimate of drug-likeness (QED) is 0.299. The summed E-state index contributed by atoms with van der Waals surface area (Å²) >= 11 is 0. The maximum atomic E-state index is 13.9. The van der Waals surface area contributed by atoms with Gasteiger partial charge in [-0.2, -0.15) is 0 Å². The van der Waals surface area contributed by atoms with Gasteiger partial charge in [-0.25, -0.2) is 9.59 Å². The number of esters is 2. The minimum absolute atomic E-state index is 0.00697. The molecule has 7 fully saturated rings. The van der Waals surface area contributed by atoms with Crippen molar-refractivity contribution in [2.24, 2.45) is 34.0 Å². The first-order valence-corrected chi connectivity index (χ1v) is 17.3. The highest BCUT2D eigenvalue weighted by Gasteiger charge is 2.94. The summed E-state index contributed by atoms with van der Waals surface area (Å²) in [6.07, 6.45) is 0.889. The molecule has 1 spiro atoms. The molecule has 8 aliphatic rings. The van der Waals surface area contributed by atoms with E-state index in [0.29, 0.717) is 6.42 Å². The Balaban J connectivity index is 1.25. The standard InChI is InChI=1S/C37H44O13/c1-31-17-46-25-26(31)34(22(16-21(31)38)48-24(39)12-11-19-9-7-6-8-10-19)18-47-36(42,29(40)43-4)28(34)32(2)27(25)50-33(3)20-15-23(37(32,33)44-5)49-30-35(20,41)13-14-45-30/h6-14,20-23,25-28,30,38,41-42H,15-18H2,1-5H3/b12-11+/t20-,21-,22+,23+,25-,26+,27-,28+,30+,31-,32-,33-,34+,35+,36+,37+/m1/s1. The van der Waals surface area contributed by atoms with Gasteiger partial charge in [-0.05, 0) is 31.1 Å². The van der Waals surface area contributed by atoms with E-state index in [2.05, 4.69) is 0 Å². The van der Waals surface area contributed by atoms with Gasteiger partial charge in [0, 0.05) is 53.6 Å². The van der Waals surface area contributed by atoms with Crippen molar-refractivity contribution in [3.63, 3.8) is 0 Å². The fourth-order valence-corrected chi connectivity index (χ4v) is 12.8. The number of rotatable bonds is 5. The maximum absolute atomic E-state index is 13.9. The number of fused-ring (bicyclic) bond motifs is 11. The zero-order chi connectivity index (χ0) is 35.3. The molecule has 3 aliphatic carbocycles. The Bertz CT molecular complexity index is 1680. The Morgan fingerprint density at radius 2 is 1.80 bits per heavy atom. The molecule has 9 rings (SSSR count). The summed E-state index contributed by atoms with van der Waals surface area (Å²) in [4.78, 5) is 27.6. The van der Waals surface area contributed by atoms with E-state index in [4.69, 9.17) is 37.9 Å². The summed E-state index contributed by atoms with van der Waals surface area (Å²) < 4.78 is 50.8. The van der Waals surface area contributed by atoms with Crippen LogP contribution in [0.15, 0.2) is 48.7 Å². The van der Waals surface area contributed by atoms with Crippen LogP contribution in [0.3, 0.4) is 0 Å². The maximum Gasteiger partial charge on any atom is 0.366 e. The molecule has 1 aromatic carbocycles. The van der Waals surface area contributed by atoms with Gasteiger partial charge >= 0.3 is 11.9 Å². The Kier molecular flexibility index (Phi) is 6.70. The molecule has 0 aromatic heterocycles. The van der Waals surface area contributed by atoms with Gasteiger partial charge < -0.3 is 53.2 Å². The normalized spacial score (nSPS) is 54.8. The van der Waals surface area contributed by atoms with E-state index in [9.17, 15) is 24.9 Å². The van der Waals surface area contributed by atoms with E-state index in [0.717, 1.165) is 5.56 Å². The molecule has 13 heteroatoms. The summed E-state index contributed by atoms with van der Waals surface area (Å²) in [5.74, 6) is -6.68. The van der Waals surface area contributed by atoms with Crippen molar-refractivity contribution in [2.75, 3.05) is 27.4 Å². The van der Waals surface area contributed by atoms with Crippen molar-refractivity contribution in [2.45, 2.75) is 93.0 Å². The average Bonchev–Trinajstić information content (AvgIpc) is 3.85. The van der Waals surface area contributed by atoms with Crippen molar-refractivity contribution >= 4 is 18.0 Å². The smallest absolute Gasteiger partial charge is 0.366 e. The number of methoxy groups -OCH3 is 2. The fourth-order valence-electron chi connectivity index (χ4n) is 12.8. The van der Waals surface area contributed by atoms with Crippen LogP contribution in [0.2, 0.25) is 0 Å². The van der Waals surface area contributed by atoms with Crippen LogP contribution in [0.5, 0.6) is 0 Å². The Labute approximate surface area is 289 Å². The second-order valence-electron chi connectivity index (χ2n) is 16.1. The molecule has 1 aromatic rings. The minimum atomic E-state index is -2.57. The van der Waals surface area contributed by atoms with E-state index in [1.54, 1.807) is 12.2 Å². The molecule has 16 atom stereocenters. The number of carbonyl (C=O) groups excluding carboxylic acids is 2. The van der Waals surface area contributed by atoms with Gasteiger partial charge in [0.25, 0.3) is 5.79 Å². The number of carbonyl (C=O) groups is 2. The molecule has 0 radical (unpaired) electrons. The molecule has 5 aliphatic heterocycles. The highest BCUT2D eigenvalue weighted by molar-refractivity contribution is 5.87. The van der Waals surface area contributed by atoms with E-state index in [1.807, 2.05) is 51.1 Å². The molecule has 5 heterocycles. The van der Waals surface area contributed by atoms with Crippen molar-refractivity contribution in [3.8, 4) is 0 Å². The van der Waals surface area contributed by atoms with Crippen LogP contribution in [0.1, 0.15) is 39.2 Å². The first kappa shape index (κ1) is 33.0. The predicted octanol–water partition coefficient (Wildman–Crippen LogP) is 1.47. The Morgan fingerprint density at radius 1 is 1.04 bits per heavy atom. The van der Waals surface area contributed by atoms with Crippen LogP contribution in [0.25, 0.3) is 6.08 Å². The van der Waals surface area contributed by atoms with Gasteiger partial charge in [-0.3, -0.25) is 0 Å². The predicted molar refractivity (Wildman–Crippen MR) is 169 cm³/mol. The van der Waals surface area contributed by atoms with E-state index >= 15 is 0 Å². The lowest BCUT2D eigenvalue weighted by molar-refractivity contribution is -0.317. The molecule has 2 bridgehead atoms. The molecule has 3 N–H and O–H groups in total. The highest BCUT2D eigenvalue weighted by atomic mass is 16.7. The lowest BCUT2D eigenvalue weighted by Gasteiger charge is -2.66. The largest absolute Gasteiger partial charge is 0.469 e. The van der Waals surface area contributed by atoms with Gasteiger partial charge in [0.05, 0.1) is 51.0 Å². The van der Waals surface area contributed by atoms with E-state index < -0.39 is 105 Å². The van der Waals surface area contributed by atoms with Crippen LogP contribution in [-0.2, 0) is 47.5 Å². The molecule has 50 heavy (non-hydrogen) atoms. The van der Waals surface area contributed by atoms with Crippen molar-refractivity contribution in [3.05, 3.63) is 54.3 Å². The van der Waals surface area contributed by atoms with Crippen LogP contribution in [0.4, 0.5) is 0 Å². The van der Waals surface area contributed by atoms with Crippen molar-refractivity contribution < 1.29 is 62.8 Å². The fraction of sp³-hybridized carbons (Fsp3) is 0.676. The van der Waals surface area contributed by atoms with Crippen LogP contribution in [-0.4, -0.2) is 114 Å². The first-order chi connectivity index (χ1) is 23.7. The lowest BCUT2D eigenvalue weighted by atomic mass is 9.37. The number of aliphatic hydroxyl groups excluding tert-OH is 1. The number of hydrogen-bond acceptors (Lipinski definition) is 13. The molecule has 0 unspecified atom stereocenters. The monoisotopic (exact) mass is 696 g/mol. The van der Waals surface area contributed by atoms with Crippen LogP contribution in [0, 0.1) is 34.0 Å². The zero-order valence-electron chi connectivity index (χ0n) is 28.6. The van der Waals surface area contributed by atoms with E-state index in [-0.39, 0.29) is 19.6 Å². The van der Waals surface area contributed by atoms with Crippen LogP contribution < -0.4 is 0 Å². The number of aliphatic hydroxyl groups is 3. The molecular formula is C37H44O13. The Morgan fingerprint density at radius 3 is 2.52 bits per heavy atom. The number of hydrogen-bond donors (Lipinski definition) is 3. The number of ether oxygens (including phenoxy) is 8. The van der Waals surface area contributed by atoms with Gasteiger partial charge in [0.2, 0.25) is 6.29 Å². The molecule has 3 saturated carbocycles. The summed E-state index contributed by atoms with van der Waals surface area (Å²) in [7, 11) is 2.71. The number of benzene rings is 1. The molecular weight excluding hydrogens is 652 g/mol. The third kappa shape index (κ3) is 3.43. The van der Waals surface area contributed by atoms with Crippen LogP contribution >= 0.6 is 0 Å². The van der Waals surface area contributed by atoms with Gasteiger partial charge in [0.15, 0.2) is 5.60 Å². The molecule has 13 nitrogen and oxygen atoms in total. The van der Waals surface area contributed by atoms with Gasteiger partial charge in [0.1, 0.15) is 17.3 Å². The summed E-state index contributed by atoms with van der Waals surface area (Å²) in [6, 6.07) is 9.29. The van der Waals surface area contributed by atoms with Gasteiger partial charge in [-0.1, -0.05) is 44.2 Å². The molecule has 270 valence electrons. The zero-order valence-corrected chi connectivity index (χ0v) is 28.6. The van der Waals surface area contributed by atoms with Crippen molar-refractivity contribution in [1.82, 2.24) is 0 Å². The minimum Gasteiger partial charge on any atom is -0.469 e. The average molecular weight is 697 g/mol. The van der Waals surface area contributed by atoms with Crippen molar-refractivity contribution in [1.29, 1.82) is 0 Å². The first-order valence-electron chi connectivity index (χ1n) is 17.3. The van der Waals surface area contributed by atoms with E-state index in [1.165, 1.54) is 26.6 Å². The Hall–Kier alpha value is -2.88. The lowest BCUT2D eigenvalue weighted by Crippen LogP contribution is -2.78. The topological polar surface area (TPSA) is 169 Å². The summed E-state index contributed by atoms with van der Waals surface area (Å²) in [5, 5.41) is 36.7. The molecule has 0 amide bonds. The third-order valence-corrected chi connectivity index (χ3v) is 14.5.